The fourth-order valence-electron chi connectivity index (χ4n) is 2.45. The van der Waals surface area contributed by atoms with Crippen LogP contribution in [-0.4, -0.2) is 45.2 Å². The zero-order valence-electron chi connectivity index (χ0n) is 10.5. The Kier molecular flexibility index (Phi) is 3.52. The molecule has 1 aromatic rings. The van der Waals surface area contributed by atoms with E-state index >= 15 is 0 Å². The summed E-state index contributed by atoms with van der Waals surface area (Å²) in [6, 6.07) is 3.00. The van der Waals surface area contributed by atoms with Gasteiger partial charge in [-0.05, 0) is 25.0 Å². The van der Waals surface area contributed by atoms with E-state index < -0.39 is 5.60 Å². The van der Waals surface area contributed by atoms with Gasteiger partial charge in [0.25, 0.3) is 5.91 Å². The van der Waals surface area contributed by atoms with Crippen molar-refractivity contribution in [3.05, 3.63) is 24.0 Å². The lowest BCUT2D eigenvalue weighted by Crippen LogP contribution is -2.42. The molecule has 2 rings (SSSR count). The number of aromatic hydroxyl groups is 1. The van der Waals surface area contributed by atoms with Gasteiger partial charge >= 0.3 is 0 Å². The summed E-state index contributed by atoms with van der Waals surface area (Å²) >= 11 is 0. The maximum absolute atomic E-state index is 12.1. The minimum Gasteiger partial charge on any atom is -0.505 e. The lowest BCUT2D eigenvalue weighted by Gasteiger charge is -2.28. The van der Waals surface area contributed by atoms with Crippen LogP contribution in [0.1, 0.15) is 36.2 Å². The van der Waals surface area contributed by atoms with Crippen LogP contribution in [0.5, 0.6) is 5.75 Å². The van der Waals surface area contributed by atoms with Gasteiger partial charge in [0.1, 0.15) is 5.75 Å². The van der Waals surface area contributed by atoms with Crippen LogP contribution < -0.4 is 0 Å². The Morgan fingerprint density at radius 2 is 2.17 bits per heavy atom. The minimum absolute atomic E-state index is 0.0293. The van der Waals surface area contributed by atoms with Crippen LogP contribution in [0.4, 0.5) is 0 Å². The minimum atomic E-state index is -0.783. The van der Waals surface area contributed by atoms with E-state index in [0.717, 1.165) is 25.7 Å². The van der Waals surface area contributed by atoms with Crippen molar-refractivity contribution in [1.29, 1.82) is 0 Å². The Balaban J connectivity index is 2.07. The normalized spacial score (nSPS) is 17.7. The van der Waals surface area contributed by atoms with Crippen LogP contribution >= 0.6 is 0 Å². The van der Waals surface area contributed by atoms with E-state index in [4.69, 9.17) is 0 Å². The predicted octanol–water partition coefficient (Wildman–Crippen LogP) is 1.16. The van der Waals surface area contributed by atoms with Gasteiger partial charge in [-0.2, -0.15) is 0 Å². The van der Waals surface area contributed by atoms with Gasteiger partial charge in [-0.1, -0.05) is 12.8 Å². The Bertz CT molecular complexity index is 442. The molecule has 0 aliphatic heterocycles. The molecule has 0 aromatic carbocycles. The smallest absolute Gasteiger partial charge is 0.276 e. The third-order valence-electron chi connectivity index (χ3n) is 3.40. The summed E-state index contributed by atoms with van der Waals surface area (Å²) in [6.07, 6.45) is 4.89. The first-order valence-electron chi connectivity index (χ1n) is 6.14. The van der Waals surface area contributed by atoms with Crippen LogP contribution in [0.15, 0.2) is 18.3 Å². The third kappa shape index (κ3) is 2.61. The fraction of sp³-hybridized carbons (Fsp3) is 0.538. The molecule has 1 aromatic heterocycles. The quantitative estimate of drug-likeness (QED) is 0.844. The molecule has 1 amide bonds. The molecule has 2 N–H and O–H groups in total. The Morgan fingerprint density at radius 1 is 1.50 bits per heavy atom. The number of hydrogen-bond donors (Lipinski definition) is 2. The van der Waals surface area contributed by atoms with Crippen molar-refractivity contribution < 1.29 is 15.0 Å². The monoisotopic (exact) mass is 250 g/mol. The van der Waals surface area contributed by atoms with E-state index in [1.165, 1.54) is 17.2 Å². The summed E-state index contributed by atoms with van der Waals surface area (Å²) in [5.74, 6) is -0.499. The van der Waals surface area contributed by atoms with E-state index in [9.17, 15) is 15.0 Å². The summed E-state index contributed by atoms with van der Waals surface area (Å²) < 4.78 is 0. The average molecular weight is 250 g/mol. The highest BCUT2D eigenvalue weighted by Crippen LogP contribution is 2.30. The molecule has 18 heavy (non-hydrogen) atoms. The van der Waals surface area contributed by atoms with Gasteiger partial charge in [-0.25, -0.2) is 4.98 Å². The molecule has 5 heteroatoms. The van der Waals surface area contributed by atoms with Gasteiger partial charge in [0, 0.05) is 19.8 Å². The number of amides is 1. The van der Waals surface area contributed by atoms with Crippen LogP contribution in [0, 0.1) is 0 Å². The number of aromatic nitrogens is 1. The molecular weight excluding hydrogens is 232 g/mol. The summed E-state index contributed by atoms with van der Waals surface area (Å²) in [6.45, 7) is 0.280. The number of nitrogens with zero attached hydrogens (tertiary/aromatic N) is 2. The lowest BCUT2D eigenvalue weighted by molar-refractivity contribution is 0.0153. The molecule has 0 atom stereocenters. The molecular formula is C13H18N2O3. The number of carbonyl (C=O) groups excluding carboxylic acids is 1. The Labute approximate surface area is 106 Å². The molecule has 1 aliphatic rings. The molecule has 1 saturated carbocycles. The Morgan fingerprint density at radius 3 is 2.78 bits per heavy atom. The molecule has 1 heterocycles. The molecule has 0 spiro atoms. The largest absolute Gasteiger partial charge is 0.505 e. The molecule has 98 valence electrons. The van der Waals surface area contributed by atoms with E-state index in [1.54, 1.807) is 13.1 Å². The van der Waals surface area contributed by atoms with E-state index in [0.29, 0.717) is 0 Å². The fourth-order valence-corrected chi connectivity index (χ4v) is 2.45. The number of carbonyl (C=O) groups is 1. The van der Waals surface area contributed by atoms with Gasteiger partial charge < -0.3 is 15.1 Å². The van der Waals surface area contributed by atoms with Gasteiger partial charge in [0.15, 0.2) is 5.69 Å². The number of hydrogen-bond acceptors (Lipinski definition) is 4. The van der Waals surface area contributed by atoms with Gasteiger partial charge in [0.2, 0.25) is 0 Å². The summed E-state index contributed by atoms with van der Waals surface area (Å²) in [7, 11) is 1.62. The second kappa shape index (κ2) is 4.94. The van der Waals surface area contributed by atoms with Crippen molar-refractivity contribution in [2.45, 2.75) is 31.3 Å². The summed E-state index contributed by atoms with van der Waals surface area (Å²) in [5.41, 5.74) is -0.754. The maximum atomic E-state index is 12.1. The van der Waals surface area contributed by atoms with E-state index in [1.807, 2.05) is 0 Å². The molecule has 0 bridgehead atoms. The number of pyridine rings is 1. The first kappa shape index (κ1) is 12.8. The molecule has 0 unspecified atom stereocenters. The van der Waals surface area contributed by atoms with Gasteiger partial charge in [-0.3, -0.25) is 4.79 Å². The Hall–Kier alpha value is -1.62. The molecule has 5 nitrogen and oxygen atoms in total. The van der Waals surface area contributed by atoms with Gasteiger partial charge in [-0.15, -0.1) is 0 Å². The first-order valence-corrected chi connectivity index (χ1v) is 6.14. The number of aliphatic hydroxyl groups is 1. The molecule has 1 aliphatic carbocycles. The topological polar surface area (TPSA) is 73.7 Å². The van der Waals surface area contributed by atoms with Crippen molar-refractivity contribution in [2.24, 2.45) is 0 Å². The highest BCUT2D eigenvalue weighted by molar-refractivity contribution is 5.94. The molecule has 1 fully saturated rings. The summed E-state index contributed by atoms with van der Waals surface area (Å²) in [4.78, 5) is 17.4. The van der Waals surface area contributed by atoms with Gasteiger partial charge in [0.05, 0.1) is 5.60 Å². The summed E-state index contributed by atoms with van der Waals surface area (Å²) in [5, 5.41) is 19.8. The predicted molar refractivity (Wildman–Crippen MR) is 66.3 cm³/mol. The SMILES string of the molecule is CN(CC1(O)CCCC1)C(=O)c1ncccc1O. The second-order valence-electron chi connectivity index (χ2n) is 4.96. The standard InChI is InChI=1S/C13H18N2O3/c1-15(9-13(18)6-2-3-7-13)12(17)11-10(16)5-4-8-14-11/h4-5,8,16,18H,2-3,6-7,9H2,1H3. The lowest BCUT2D eigenvalue weighted by atomic mass is 10.0. The van der Waals surface area contributed by atoms with Crippen molar-refractivity contribution in [3.63, 3.8) is 0 Å². The number of likely N-dealkylation sites (N-methyl/N-ethyl adjacent to an activating group) is 1. The van der Waals surface area contributed by atoms with E-state index in [-0.39, 0.29) is 23.9 Å². The van der Waals surface area contributed by atoms with Crippen LogP contribution in [0.3, 0.4) is 0 Å². The van der Waals surface area contributed by atoms with Crippen molar-refractivity contribution in [1.82, 2.24) is 9.88 Å². The highest BCUT2D eigenvalue weighted by atomic mass is 16.3. The van der Waals surface area contributed by atoms with Crippen molar-refractivity contribution in [2.75, 3.05) is 13.6 Å². The molecule has 0 radical (unpaired) electrons. The zero-order valence-corrected chi connectivity index (χ0v) is 10.5. The van der Waals surface area contributed by atoms with E-state index in [2.05, 4.69) is 4.98 Å². The van der Waals surface area contributed by atoms with Crippen molar-refractivity contribution in [3.8, 4) is 5.75 Å². The van der Waals surface area contributed by atoms with Crippen LogP contribution in [0.25, 0.3) is 0 Å². The van der Waals surface area contributed by atoms with Crippen molar-refractivity contribution >= 4 is 5.91 Å². The van der Waals surface area contributed by atoms with Crippen LogP contribution in [-0.2, 0) is 0 Å². The third-order valence-corrected chi connectivity index (χ3v) is 3.40. The maximum Gasteiger partial charge on any atom is 0.276 e. The first-order chi connectivity index (χ1) is 8.52. The molecule has 0 saturated heterocycles. The second-order valence-corrected chi connectivity index (χ2v) is 4.96. The highest BCUT2D eigenvalue weighted by Gasteiger charge is 2.34. The zero-order chi connectivity index (χ0) is 13.2. The van der Waals surface area contributed by atoms with Crippen LogP contribution in [0.2, 0.25) is 0 Å². The average Bonchev–Trinajstić information content (AvgIpc) is 2.75. The number of rotatable bonds is 3.